The van der Waals surface area contributed by atoms with Crippen molar-refractivity contribution in [3.63, 3.8) is 0 Å². The van der Waals surface area contributed by atoms with E-state index in [2.05, 4.69) is 20.9 Å². The van der Waals surface area contributed by atoms with Crippen LogP contribution in [-0.2, 0) is 18.8 Å². The molecule has 3 heterocycles. The predicted octanol–water partition coefficient (Wildman–Crippen LogP) is 3.33. The fourth-order valence-corrected chi connectivity index (χ4v) is 5.11. The van der Waals surface area contributed by atoms with Crippen LogP contribution in [0.15, 0.2) is 30.3 Å². The minimum absolute atomic E-state index is 0.0134. The number of piperazine rings is 1. The molecule has 12 nitrogen and oxygen atoms in total. The maximum absolute atomic E-state index is 13.6. The number of benzene rings is 1. The topological polar surface area (TPSA) is 134 Å². The summed E-state index contributed by atoms with van der Waals surface area (Å²) in [6, 6.07) is 6.12. The fourth-order valence-electron chi connectivity index (χ4n) is 4.86. The van der Waals surface area contributed by atoms with Crippen LogP contribution in [0.1, 0.15) is 43.1 Å². The van der Waals surface area contributed by atoms with Crippen LogP contribution in [0.3, 0.4) is 0 Å². The van der Waals surface area contributed by atoms with E-state index in [4.69, 9.17) is 9.47 Å². The Labute approximate surface area is 251 Å². The molecule has 2 aliphatic rings. The first kappa shape index (κ1) is 32.1. The Morgan fingerprint density at radius 2 is 1.84 bits per heavy atom. The van der Waals surface area contributed by atoms with Gasteiger partial charge >= 0.3 is 226 Å². The molecule has 2 aromatic rings. The van der Waals surface area contributed by atoms with E-state index in [1.54, 1.807) is 23.0 Å². The number of nitrogens with one attached hydrogen (secondary N) is 1. The normalized spacial score (nSPS) is 17.3. The van der Waals surface area contributed by atoms with Crippen molar-refractivity contribution in [1.82, 2.24) is 25.1 Å². The van der Waals surface area contributed by atoms with E-state index in [0.29, 0.717) is 44.2 Å². The summed E-state index contributed by atoms with van der Waals surface area (Å²) >= 11 is 0. The first-order chi connectivity index (χ1) is 20.8. The van der Waals surface area contributed by atoms with Crippen LogP contribution in [0.5, 0.6) is 0 Å². The number of hydrogen-bond acceptors (Lipinski definition) is 9. The number of hydrogen-bond donors (Lipinski definition) is 1. The molecule has 2 aliphatic heterocycles. The van der Waals surface area contributed by atoms with Gasteiger partial charge in [-0.1, -0.05) is 13.3 Å². The SMILES string of the molecule is CCCCOC(=O)N1CCN(C(=O)[C@H](CC#P=O)NC(=O)c2cc(N3CC[C@H](OC)C3)nc(-c3ccc(F)cc3)n2)CC1. The Morgan fingerprint density at radius 3 is 2.49 bits per heavy atom. The van der Waals surface area contributed by atoms with Crippen molar-refractivity contribution in [3.05, 3.63) is 41.8 Å². The molecule has 4 rings (SSSR count). The quantitative estimate of drug-likeness (QED) is 0.316. The molecule has 1 N–H and O–H groups in total. The van der Waals surface area contributed by atoms with Gasteiger partial charge in [0.25, 0.3) is 0 Å². The summed E-state index contributed by atoms with van der Waals surface area (Å²) in [5, 5.41) is 2.72. The molecule has 1 aromatic carbocycles. The van der Waals surface area contributed by atoms with E-state index >= 15 is 0 Å². The molecule has 0 radical (unpaired) electrons. The van der Waals surface area contributed by atoms with Gasteiger partial charge in [0, 0.05) is 7.11 Å². The molecule has 0 saturated carbocycles. The van der Waals surface area contributed by atoms with Gasteiger partial charge in [0.2, 0.25) is 0 Å². The van der Waals surface area contributed by atoms with Crippen molar-refractivity contribution in [2.24, 2.45) is 0 Å². The van der Waals surface area contributed by atoms with Gasteiger partial charge in [-0.05, 0) is 0 Å². The third kappa shape index (κ3) is 8.63. The van der Waals surface area contributed by atoms with E-state index in [1.807, 2.05) is 11.8 Å². The van der Waals surface area contributed by atoms with E-state index in [0.717, 1.165) is 19.3 Å². The fraction of sp³-hybridized carbons (Fsp3) is 0.517. The van der Waals surface area contributed by atoms with Gasteiger partial charge in [-0.3, -0.25) is 0 Å². The van der Waals surface area contributed by atoms with Gasteiger partial charge in [-0.25, -0.2) is 4.39 Å². The summed E-state index contributed by atoms with van der Waals surface area (Å²) in [5.74, 6) is -0.708. The van der Waals surface area contributed by atoms with E-state index < -0.39 is 31.8 Å². The summed E-state index contributed by atoms with van der Waals surface area (Å²) < 4.78 is 35.5. The number of halogens is 1. The molecule has 2 fully saturated rings. The Kier molecular flexibility index (Phi) is 11.7. The van der Waals surface area contributed by atoms with Gasteiger partial charge in [-0.2, -0.15) is 0 Å². The molecule has 2 saturated heterocycles. The van der Waals surface area contributed by atoms with Crippen molar-refractivity contribution in [1.29, 1.82) is 0 Å². The predicted molar refractivity (Wildman–Crippen MR) is 157 cm³/mol. The molecule has 1 aromatic heterocycles. The minimum atomic E-state index is -1.06. The number of nitrogens with zero attached hydrogens (tertiary/aromatic N) is 5. The van der Waals surface area contributed by atoms with Crippen molar-refractivity contribution < 1.29 is 32.8 Å². The van der Waals surface area contributed by atoms with Crippen LogP contribution in [0, 0.1) is 11.4 Å². The number of methoxy groups -OCH3 is 1. The third-order valence-electron chi connectivity index (χ3n) is 7.39. The van der Waals surface area contributed by atoms with Crippen LogP contribution in [0.25, 0.3) is 11.4 Å². The number of unbranched alkanes of at least 4 members (excludes halogenated alkanes) is 1. The third-order valence-corrected chi connectivity index (χ3v) is 7.70. The van der Waals surface area contributed by atoms with Gasteiger partial charge in [0.05, 0.1) is 0 Å². The van der Waals surface area contributed by atoms with Crippen molar-refractivity contribution in [2.75, 3.05) is 57.9 Å². The number of ether oxygens (including phenoxy) is 2. The summed E-state index contributed by atoms with van der Waals surface area (Å²) in [7, 11) is 1.24. The van der Waals surface area contributed by atoms with E-state index in [9.17, 15) is 23.3 Å². The van der Waals surface area contributed by atoms with Gasteiger partial charge in [-0.15, -0.1) is 0 Å². The van der Waals surface area contributed by atoms with E-state index in [-0.39, 0.29) is 43.0 Å². The maximum atomic E-state index is 13.6. The van der Waals surface area contributed by atoms with Gasteiger partial charge in [0.15, 0.2) is 0 Å². The number of carbonyl (C=O) groups is 3. The Morgan fingerprint density at radius 1 is 1.12 bits per heavy atom. The summed E-state index contributed by atoms with van der Waals surface area (Å²) in [4.78, 5) is 53.4. The van der Waals surface area contributed by atoms with Crippen molar-refractivity contribution >= 4 is 31.6 Å². The van der Waals surface area contributed by atoms with Gasteiger partial charge < -0.3 is 0 Å². The zero-order chi connectivity index (χ0) is 30.8. The summed E-state index contributed by atoms with van der Waals surface area (Å²) in [5.41, 5.74) is 3.11. The molecule has 43 heavy (non-hydrogen) atoms. The standard InChI is InChI=1S/C29H36FN6O6P/c1-3-4-16-42-29(39)35-14-12-34(13-15-35)28(38)23(10-17-43-40)32-27(37)24-18-25(36-11-9-22(19-36)41-2)33-26(31-24)20-5-7-21(30)8-6-20/h5-8,18,22-23H,3-4,9-16,19H2,1-2H3,(H,32,37)/t22-,23-/m0/s1. The average molecular weight is 615 g/mol. The number of aromatic nitrogens is 2. The van der Waals surface area contributed by atoms with Crippen LogP contribution in [-0.4, -0.2) is 103 Å². The first-order valence-electron chi connectivity index (χ1n) is 14.3. The second-order valence-corrected chi connectivity index (χ2v) is 10.8. The molecule has 0 aliphatic carbocycles. The molecule has 2 atom stereocenters. The number of amides is 3. The zero-order valence-corrected chi connectivity index (χ0v) is 25.2. The molecule has 0 bridgehead atoms. The molecular weight excluding hydrogens is 578 g/mol. The Hall–Kier alpha value is -3.79. The molecule has 14 heteroatoms. The molecule has 230 valence electrons. The van der Waals surface area contributed by atoms with Crippen molar-refractivity contribution in [3.8, 4) is 17.0 Å². The van der Waals surface area contributed by atoms with Crippen molar-refractivity contribution in [2.45, 2.75) is 44.8 Å². The molecular formula is C29H36FN6O6P. The number of anilines is 1. The molecule has 3 amide bonds. The second kappa shape index (κ2) is 15.6. The summed E-state index contributed by atoms with van der Waals surface area (Å²) in [6.45, 7) is 4.68. The Balaban J connectivity index is 1.51. The monoisotopic (exact) mass is 614 g/mol. The second-order valence-electron chi connectivity index (χ2n) is 10.3. The number of carbonyl (C=O) groups excluding carboxylic acids is 3. The Bertz CT molecular complexity index is 1400. The number of rotatable bonds is 10. The van der Waals surface area contributed by atoms with Crippen LogP contribution in [0.4, 0.5) is 15.0 Å². The van der Waals surface area contributed by atoms with Gasteiger partial charge in [0.1, 0.15) is 0 Å². The zero-order valence-electron chi connectivity index (χ0n) is 24.3. The molecule has 0 unspecified atom stereocenters. The average Bonchev–Trinajstić information content (AvgIpc) is 3.52. The van der Waals surface area contributed by atoms with E-state index in [1.165, 1.54) is 24.3 Å². The van der Waals surface area contributed by atoms with Crippen LogP contribution < -0.4 is 10.2 Å². The van der Waals surface area contributed by atoms with Crippen LogP contribution in [0.2, 0.25) is 0 Å². The molecule has 0 spiro atoms. The first-order valence-corrected chi connectivity index (χ1v) is 15.1. The van der Waals surface area contributed by atoms with Crippen LogP contribution >= 0.6 is 7.92 Å². The summed E-state index contributed by atoms with van der Waals surface area (Å²) in [6.07, 6.45) is 1.98.